The van der Waals surface area contributed by atoms with E-state index < -0.39 is 5.91 Å². The summed E-state index contributed by atoms with van der Waals surface area (Å²) in [6, 6.07) is 8.63. The number of aliphatic hydroxyl groups is 1. The van der Waals surface area contributed by atoms with Gasteiger partial charge in [0.25, 0.3) is 5.91 Å². The number of nitrogens with zero attached hydrogens (tertiary/aromatic N) is 2. The van der Waals surface area contributed by atoms with Crippen LogP contribution in [0.5, 0.6) is 5.75 Å². The Hall–Kier alpha value is -3.13. The normalized spacial score (nSPS) is 16.7. The second-order valence-corrected chi connectivity index (χ2v) is 8.35. The lowest BCUT2D eigenvalue weighted by Crippen LogP contribution is -2.39. The fourth-order valence-electron chi connectivity index (χ4n) is 4.32. The first-order valence-corrected chi connectivity index (χ1v) is 11.2. The zero-order valence-electron chi connectivity index (χ0n) is 18.5. The van der Waals surface area contributed by atoms with Crippen LogP contribution in [0.4, 0.5) is 5.82 Å². The smallest absolute Gasteiger partial charge is 0.251 e. The Morgan fingerprint density at radius 3 is 2.78 bits per heavy atom. The number of pyridine rings is 1. The van der Waals surface area contributed by atoms with Crippen molar-refractivity contribution in [3.8, 4) is 5.75 Å². The van der Waals surface area contributed by atoms with Crippen LogP contribution in [-0.2, 0) is 6.42 Å². The van der Waals surface area contributed by atoms with E-state index in [4.69, 9.17) is 10.8 Å². The molecular weight excluding hydrogens is 408 g/mol. The average molecular weight is 441 g/mol. The number of rotatable bonds is 10. The summed E-state index contributed by atoms with van der Waals surface area (Å²) in [7, 11) is 0. The molecule has 2 atom stereocenters. The number of unbranched alkanes of at least 4 members (excludes halogenated alkanes) is 1. The second-order valence-electron chi connectivity index (χ2n) is 8.35. The van der Waals surface area contributed by atoms with Gasteiger partial charge in [0, 0.05) is 42.6 Å². The van der Waals surface area contributed by atoms with Crippen molar-refractivity contribution in [3.05, 3.63) is 53.2 Å². The van der Waals surface area contributed by atoms with Gasteiger partial charge in [-0.05, 0) is 69.7 Å². The number of benzene rings is 1. The van der Waals surface area contributed by atoms with Crippen molar-refractivity contribution in [1.29, 1.82) is 0 Å². The SMILES string of the molecule is CC(CC1CCCN1c1ccc(C(N)=O)cn1)NC(=O)c1cccc(O)c1CCCCO. The second kappa shape index (κ2) is 10.9. The Bertz CT molecular complexity index is 932. The summed E-state index contributed by atoms with van der Waals surface area (Å²) in [5.74, 6) is 0.202. The van der Waals surface area contributed by atoms with Gasteiger partial charge in [-0.25, -0.2) is 4.98 Å². The van der Waals surface area contributed by atoms with Gasteiger partial charge < -0.3 is 26.2 Å². The third-order valence-electron chi connectivity index (χ3n) is 5.94. The maximum atomic E-state index is 12.9. The van der Waals surface area contributed by atoms with Gasteiger partial charge in [-0.15, -0.1) is 0 Å². The van der Waals surface area contributed by atoms with Crippen LogP contribution in [0.25, 0.3) is 0 Å². The van der Waals surface area contributed by atoms with Gasteiger partial charge in [0.05, 0.1) is 5.56 Å². The molecule has 1 fully saturated rings. The van der Waals surface area contributed by atoms with Gasteiger partial charge in [0.15, 0.2) is 0 Å². The topological polar surface area (TPSA) is 129 Å². The largest absolute Gasteiger partial charge is 0.508 e. The molecule has 3 rings (SSSR count). The molecule has 0 radical (unpaired) electrons. The molecule has 1 aromatic heterocycles. The number of aromatic nitrogens is 1. The molecule has 2 amide bonds. The van der Waals surface area contributed by atoms with Crippen LogP contribution in [0.3, 0.4) is 0 Å². The van der Waals surface area contributed by atoms with Crippen LogP contribution in [0, 0.1) is 0 Å². The van der Waals surface area contributed by atoms with E-state index in [0.717, 1.165) is 31.6 Å². The lowest BCUT2D eigenvalue weighted by molar-refractivity contribution is 0.0934. The summed E-state index contributed by atoms with van der Waals surface area (Å²) in [5, 5.41) is 22.3. The highest BCUT2D eigenvalue weighted by Crippen LogP contribution is 2.27. The van der Waals surface area contributed by atoms with Crippen molar-refractivity contribution < 1.29 is 19.8 Å². The summed E-state index contributed by atoms with van der Waals surface area (Å²) in [6.07, 6.45) is 6.14. The number of aliphatic hydroxyl groups excluding tert-OH is 1. The van der Waals surface area contributed by atoms with Crippen molar-refractivity contribution in [1.82, 2.24) is 10.3 Å². The van der Waals surface area contributed by atoms with Gasteiger partial charge >= 0.3 is 0 Å². The van der Waals surface area contributed by atoms with Crippen LogP contribution in [0.15, 0.2) is 36.5 Å². The molecule has 1 aliphatic rings. The maximum absolute atomic E-state index is 12.9. The van der Waals surface area contributed by atoms with E-state index in [1.54, 1.807) is 24.3 Å². The predicted molar refractivity (Wildman–Crippen MR) is 123 cm³/mol. The number of anilines is 1. The highest BCUT2D eigenvalue weighted by Gasteiger charge is 2.28. The van der Waals surface area contributed by atoms with E-state index in [9.17, 15) is 14.7 Å². The predicted octanol–water partition coefficient (Wildman–Crippen LogP) is 2.38. The average Bonchev–Trinajstić information content (AvgIpc) is 3.22. The standard InChI is InChI=1S/C24H32N4O4/c1-16(27-24(32)20-8-4-9-21(30)19(20)7-2-3-13-29)14-18-6-5-12-28(18)22-11-10-17(15-26-22)23(25)31/h4,8-11,15-16,18,29-30H,2-3,5-7,12-14H2,1H3,(H2,25,31)(H,27,32). The zero-order valence-corrected chi connectivity index (χ0v) is 18.5. The van der Waals surface area contributed by atoms with Gasteiger partial charge in [-0.3, -0.25) is 9.59 Å². The third-order valence-corrected chi connectivity index (χ3v) is 5.94. The number of nitrogens with two attached hydrogens (primary N) is 1. The Labute approximate surface area is 188 Å². The van der Waals surface area contributed by atoms with Crippen LogP contribution in [0.2, 0.25) is 0 Å². The van der Waals surface area contributed by atoms with E-state index in [1.807, 2.05) is 13.0 Å². The zero-order chi connectivity index (χ0) is 23.1. The summed E-state index contributed by atoms with van der Waals surface area (Å²) < 4.78 is 0. The van der Waals surface area contributed by atoms with E-state index >= 15 is 0 Å². The third kappa shape index (κ3) is 5.76. The molecule has 8 heteroatoms. The Morgan fingerprint density at radius 2 is 2.09 bits per heavy atom. The monoisotopic (exact) mass is 440 g/mol. The maximum Gasteiger partial charge on any atom is 0.251 e. The molecule has 0 saturated carbocycles. The number of hydrogen-bond acceptors (Lipinski definition) is 6. The molecular formula is C24H32N4O4. The lowest BCUT2D eigenvalue weighted by atomic mass is 9.99. The van der Waals surface area contributed by atoms with Crippen LogP contribution >= 0.6 is 0 Å². The number of nitrogens with one attached hydrogen (secondary N) is 1. The van der Waals surface area contributed by atoms with Crippen molar-refractivity contribution >= 4 is 17.6 Å². The molecule has 2 aromatic rings. The van der Waals surface area contributed by atoms with Crippen molar-refractivity contribution in [2.45, 2.75) is 57.5 Å². The Balaban J connectivity index is 1.63. The van der Waals surface area contributed by atoms with Crippen molar-refractivity contribution in [3.63, 3.8) is 0 Å². The fraction of sp³-hybridized carbons (Fsp3) is 0.458. The molecule has 0 bridgehead atoms. The molecule has 1 aliphatic heterocycles. The molecule has 0 spiro atoms. The van der Waals surface area contributed by atoms with Crippen LogP contribution in [0.1, 0.15) is 65.3 Å². The number of phenols is 1. The first-order valence-electron chi connectivity index (χ1n) is 11.2. The minimum absolute atomic E-state index is 0.0781. The number of phenolic OH excluding ortho intramolecular Hbond substituents is 1. The molecule has 2 unspecified atom stereocenters. The molecule has 32 heavy (non-hydrogen) atoms. The van der Waals surface area contributed by atoms with Gasteiger partial charge in [0.1, 0.15) is 11.6 Å². The minimum Gasteiger partial charge on any atom is -0.508 e. The Morgan fingerprint density at radius 1 is 1.28 bits per heavy atom. The first-order chi connectivity index (χ1) is 15.4. The number of carbonyl (C=O) groups is 2. The lowest BCUT2D eigenvalue weighted by Gasteiger charge is -2.28. The van der Waals surface area contributed by atoms with Gasteiger partial charge in [-0.2, -0.15) is 0 Å². The molecule has 5 N–H and O–H groups in total. The number of carbonyl (C=O) groups excluding carboxylic acids is 2. The van der Waals surface area contributed by atoms with Crippen LogP contribution < -0.4 is 16.0 Å². The van der Waals surface area contributed by atoms with E-state index in [-0.39, 0.29) is 30.3 Å². The Kier molecular flexibility index (Phi) is 8.05. The summed E-state index contributed by atoms with van der Waals surface area (Å²) in [4.78, 5) is 30.8. The van der Waals surface area contributed by atoms with Gasteiger partial charge in [-0.1, -0.05) is 6.07 Å². The minimum atomic E-state index is -0.499. The highest BCUT2D eigenvalue weighted by atomic mass is 16.3. The molecule has 2 heterocycles. The van der Waals surface area contributed by atoms with Crippen LogP contribution in [-0.4, -0.2) is 52.2 Å². The molecule has 1 saturated heterocycles. The first kappa shape index (κ1) is 23.5. The summed E-state index contributed by atoms with van der Waals surface area (Å²) in [5.41, 5.74) is 6.77. The molecule has 172 valence electrons. The number of aromatic hydroxyl groups is 1. The van der Waals surface area contributed by atoms with E-state index in [0.29, 0.717) is 36.0 Å². The number of hydrogen-bond donors (Lipinski definition) is 4. The van der Waals surface area contributed by atoms with E-state index in [2.05, 4.69) is 15.2 Å². The molecule has 0 aliphatic carbocycles. The summed E-state index contributed by atoms with van der Waals surface area (Å²) >= 11 is 0. The molecule has 1 aromatic carbocycles. The van der Waals surface area contributed by atoms with E-state index in [1.165, 1.54) is 6.20 Å². The summed E-state index contributed by atoms with van der Waals surface area (Å²) in [6.45, 7) is 2.94. The van der Waals surface area contributed by atoms with Crippen molar-refractivity contribution in [2.75, 3.05) is 18.1 Å². The van der Waals surface area contributed by atoms with Crippen molar-refractivity contribution in [2.24, 2.45) is 5.73 Å². The number of primary amides is 1. The quantitative estimate of drug-likeness (QED) is 0.420. The number of amides is 2. The fourth-order valence-corrected chi connectivity index (χ4v) is 4.32. The molecule has 8 nitrogen and oxygen atoms in total. The highest BCUT2D eigenvalue weighted by molar-refractivity contribution is 5.96. The van der Waals surface area contributed by atoms with Gasteiger partial charge in [0.2, 0.25) is 5.91 Å².